The van der Waals surface area contributed by atoms with Gasteiger partial charge in [-0.1, -0.05) is 20.8 Å². The molecule has 0 spiro atoms. The van der Waals surface area contributed by atoms with E-state index in [0.717, 1.165) is 49.7 Å². The predicted octanol–water partition coefficient (Wildman–Crippen LogP) is 4.26. The van der Waals surface area contributed by atoms with Gasteiger partial charge < -0.3 is 25.3 Å². The molecule has 0 bridgehead atoms. The summed E-state index contributed by atoms with van der Waals surface area (Å²) in [6.45, 7) is 7.11. The molecule has 4 N–H and O–H groups in total. The van der Waals surface area contributed by atoms with Gasteiger partial charge in [-0.15, -0.1) is 4.73 Å². The van der Waals surface area contributed by atoms with E-state index in [0.29, 0.717) is 41.9 Å². The number of rotatable bonds is 5. The Morgan fingerprint density at radius 1 is 1.03 bits per heavy atom. The van der Waals surface area contributed by atoms with E-state index < -0.39 is 5.97 Å². The molecule has 5 rings (SSSR count). The van der Waals surface area contributed by atoms with Crippen molar-refractivity contribution < 1.29 is 30.1 Å². The number of carbonyl (C=O) groups excluding carboxylic acids is 1. The van der Waals surface area contributed by atoms with Gasteiger partial charge in [0.1, 0.15) is 0 Å². The fourth-order valence-electron chi connectivity index (χ4n) is 9.36. The molecule has 0 amide bonds. The van der Waals surface area contributed by atoms with Crippen LogP contribution in [0.15, 0.2) is 12.1 Å². The lowest BCUT2D eigenvalue weighted by atomic mass is 9.43. The molecular formula is C28H43NO6. The molecule has 10 atom stereocenters. The van der Waals surface area contributed by atoms with Crippen LogP contribution in [0.25, 0.3) is 0 Å². The van der Waals surface area contributed by atoms with E-state index in [4.69, 9.17) is 4.84 Å². The number of fused-ring (bicyclic) bond motifs is 5. The van der Waals surface area contributed by atoms with Crippen LogP contribution >= 0.6 is 0 Å². The summed E-state index contributed by atoms with van der Waals surface area (Å²) in [6, 6.07) is 2.55. The maximum atomic E-state index is 12.4. The normalized spacial score (nSPS) is 43.6. The monoisotopic (exact) mass is 489 g/mol. The first-order valence-electron chi connectivity index (χ1n) is 13.7. The van der Waals surface area contributed by atoms with Crippen molar-refractivity contribution in [1.29, 1.82) is 0 Å². The van der Waals surface area contributed by atoms with Gasteiger partial charge in [0.15, 0.2) is 0 Å². The van der Waals surface area contributed by atoms with Gasteiger partial charge in [0.05, 0.1) is 12.2 Å². The number of nitrogens with zero attached hydrogens (tertiary/aromatic N) is 1. The second-order valence-corrected chi connectivity index (χ2v) is 12.8. The number of hydrogen-bond donors (Lipinski definition) is 4. The fraction of sp³-hybridized carbons (Fsp3) is 0.821. The summed E-state index contributed by atoms with van der Waals surface area (Å²) in [5.74, 6) is 1.57. The van der Waals surface area contributed by atoms with Crippen LogP contribution in [0.2, 0.25) is 0 Å². The second kappa shape index (κ2) is 8.98. The molecule has 4 aliphatic carbocycles. The van der Waals surface area contributed by atoms with Gasteiger partial charge in [-0.3, -0.25) is 0 Å². The number of aliphatic hydroxyl groups excluding tert-OH is 2. The molecule has 7 nitrogen and oxygen atoms in total. The van der Waals surface area contributed by atoms with Crippen molar-refractivity contribution in [3.05, 3.63) is 12.1 Å². The van der Waals surface area contributed by atoms with E-state index in [2.05, 4.69) is 20.8 Å². The molecule has 0 saturated heterocycles. The molecule has 0 aromatic carbocycles. The summed E-state index contributed by atoms with van der Waals surface area (Å²) in [6.07, 6.45) is 8.66. The van der Waals surface area contributed by atoms with Crippen LogP contribution in [0.3, 0.4) is 0 Å². The van der Waals surface area contributed by atoms with E-state index in [1.165, 1.54) is 18.6 Å². The Morgan fingerprint density at radius 3 is 2.40 bits per heavy atom. The highest BCUT2D eigenvalue weighted by Gasteiger charge is 2.62. The van der Waals surface area contributed by atoms with Gasteiger partial charge in [-0.2, -0.15) is 0 Å². The first-order valence-corrected chi connectivity index (χ1v) is 13.7. The van der Waals surface area contributed by atoms with Crippen molar-refractivity contribution in [2.24, 2.45) is 46.3 Å². The Balaban J connectivity index is 1.25. The maximum absolute atomic E-state index is 12.4. The van der Waals surface area contributed by atoms with Gasteiger partial charge in [0, 0.05) is 18.6 Å². The number of carbonyl (C=O) groups is 1. The van der Waals surface area contributed by atoms with E-state index in [1.54, 1.807) is 0 Å². The van der Waals surface area contributed by atoms with Crippen LogP contribution in [-0.4, -0.2) is 43.3 Å². The predicted molar refractivity (Wildman–Crippen MR) is 130 cm³/mol. The highest BCUT2D eigenvalue weighted by molar-refractivity contribution is 5.69. The molecule has 0 radical (unpaired) electrons. The zero-order chi connectivity index (χ0) is 25.1. The van der Waals surface area contributed by atoms with Crippen LogP contribution in [0.5, 0.6) is 11.8 Å². The minimum absolute atomic E-state index is 0.166. The van der Waals surface area contributed by atoms with Crippen molar-refractivity contribution >= 4 is 5.97 Å². The van der Waals surface area contributed by atoms with Gasteiger partial charge in [-0.05, 0) is 104 Å². The Labute approximate surface area is 208 Å². The van der Waals surface area contributed by atoms with Gasteiger partial charge in [-0.25, -0.2) is 4.79 Å². The van der Waals surface area contributed by atoms with E-state index in [9.17, 15) is 25.2 Å². The Bertz CT molecular complexity index is 926. The molecule has 4 saturated carbocycles. The third-order valence-corrected chi connectivity index (χ3v) is 11.2. The molecule has 1 aromatic rings. The molecule has 1 heterocycles. The number of aliphatic hydroxyl groups is 2. The second-order valence-electron chi connectivity index (χ2n) is 12.8. The first-order chi connectivity index (χ1) is 16.5. The Hall–Kier alpha value is -1.73. The average Bonchev–Trinajstić information content (AvgIpc) is 3.32. The summed E-state index contributed by atoms with van der Waals surface area (Å²) in [4.78, 5) is 17.5. The minimum atomic E-state index is -0.469. The van der Waals surface area contributed by atoms with Crippen LogP contribution in [0, 0.1) is 46.3 Å². The van der Waals surface area contributed by atoms with Crippen molar-refractivity contribution in [2.75, 3.05) is 0 Å². The average molecular weight is 490 g/mol. The molecule has 7 heteroatoms. The minimum Gasteiger partial charge on any atom is -0.492 e. The Kier molecular flexibility index (Phi) is 6.40. The maximum Gasteiger partial charge on any atom is 0.333 e. The molecule has 4 aliphatic rings. The topological polar surface area (TPSA) is 112 Å². The first kappa shape index (κ1) is 24.9. The van der Waals surface area contributed by atoms with Crippen molar-refractivity contribution in [1.82, 2.24) is 4.73 Å². The van der Waals surface area contributed by atoms with Crippen LogP contribution in [0.4, 0.5) is 0 Å². The SMILES string of the molecule is CC(CCC(=O)On1c(O)ccc1O)C1CCC2C3C(O)CC4CC(O)CCC4(C)C3CCC12C. The molecule has 35 heavy (non-hydrogen) atoms. The van der Waals surface area contributed by atoms with Crippen LogP contribution < -0.4 is 4.84 Å². The standard InChI is InChI=1S/C28H43NO6/c1-16(4-9-25(34)35-29-23(32)7-8-24(29)33)19-5-6-20-26-21(11-13-28(19,20)3)27(2)12-10-18(30)14-17(27)15-22(26)31/h7-8,16-22,26,30-33H,4-6,9-15H2,1-3H3. The lowest BCUT2D eigenvalue weighted by Crippen LogP contribution is -2.58. The van der Waals surface area contributed by atoms with E-state index in [-0.39, 0.29) is 41.2 Å². The van der Waals surface area contributed by atoms with Gasteiger partial charge in [0.2, 0.25) is 11.8 Å². The summed E-state index contributed by atoms with van der Waals surface area (Å²) >= 11 is 0. The zero-order valence-corrected chi connectivity index (χ0v) is 21.4. The largest absolute Gasteiger partial charge is 0.492 e. The summed E-state index contributed by atoms with van der Waals surface area (Å²) in [7, 11) is 0. The zero-order valence-electron chi connectivity index (χ0n) is 21.4. The van der Waals surface area contributed by atoms with E-state index in [1.807, 2.05) is 0 Å². The summed E-state index contributed by atoms with van der Waals surface area (Å²) < 4.78 is 0.754. The smallest absolute Gasteiger partial charge is 0.333 e. The lowest BCUT2D eigenvalue weighted by molar-refractivity contribution is -0.174. The highest BCUT2D eigenvalue weighted by Crippen LogP contribution is 2.68. The van der Waals surface area contributed by atoms with Crippen LogP contribution in [-0.2, 0) is 4.79 Å². The summed E-state index contributed by atoms with van der Waals surface area (Å²) in [5, 5.41) is 41.1. The molecular weight excluding hydrogens is 446 g/mol. The Morgan fingerprint density at radius 2 is 1.69 bits per heavy atom. The molecule has 10 unspecified atom stereocenters. The fourth-order valence-corrected chi connectivity index (χ4v) is 9.36. The third kappa shape index (κ3) is 4.07. The molecule has 4 fully saturated rings. The number of hydrogen-bond acceptors (Lipinski definition) is 6. The summed E-state index contributed by atoms with van der Waals surface area (Å²) in [5.41, 5.74) is 0.396. The van der Waals surface area contributed by atoms with Crippen molar-refractivity contribution in [3.63, 3.8) is 0 Å². The van der Waals surface area contributed by atoms with Gasteiger partial charge in [0.25, 0.3) is 0 Å². The lowest BCUT2D eigenvalue weighted by Gasteiger charge is -2.62. The highest BCUT2D eigenvalue weighted by atomic mass is 16.7. The quantitative estimate of drug-likeness (QED) is 0.492. The molecule has 0 aliphatic heterocycles. The van der Waals surface area contributed by atoms with E-state index >= 15 is 0 Å². The van der Waals surface area contributed by atoms with Gasteiger partial charge >= 0.3 is 5.97 Å². The van der Waals surface area contributed by atoms with Crippen molar-refractivity contribution in [2.45, 2.75) is 97.2 Å². The number of aromatic nitrogens is 1. The third-order valence-electron chi connectivity index (χ3n) is 11.2. The molecule has 1 aromatic heterocycles. The van der Waals surface area contributed by atoms with Crippen molar-refractivity contribution in [3.8, 4) is 11.8 Å². The van der Waals surface area contributed by atoms with Crippen LogP contribution in [0.1, 0.15) is 85.0 Å². The number of aromatic hydroxyl groups is 2. The molecule has 196 valence electrons.